The highest BCUT2D eigenvalue weighted by Gasteiger charge is 2.41. The van der Waals surface area contributed by atoms with Crippen LogP contribution < -0.4 is 0 Å². The van der Waals surface area contributed by atoms with Crippen molar-refractivity contribution in [2.45, 2.75) is 42.8 Å². The summed E-state index contributed by atoms with van der Waals surface area (Å²) in [5, 5.41) is 0.189. The Morgan fingerprint density at radius 2 is 1.66 bits per heavy atom. The van der Waals surface area contributed by atoms with Crippen LogP contribution in [0.1, 0.15) is 31.3 Å². The number of morpholine rings is 1. The Morgan fingerprint density at radius 1 is 1.03 bits per heavy atom. The van der Waals surface area contributed by atoms with E-state index in [2.05, 4.69) is 0 Å². The number of carbonyl (C=O) groups excluding carboxylic acids is 1. The zero-order valence-electron chi connectivity index (χ0n) is 19.3. The van der Waals surface area contributed by atoms with Gasteiger partial charge in [-0.2, -0.15) is 4.31 Å². The van der Waals surface area contributed by atoms with Gasteiger partial charge in [0.1, 0.15) is 4.90 Å². The van der Waals surface area contributed by atoms with Crippen LogP contribution in [0.5, 0.6) is 0 Å². The first-order valence-electron chi connectivity index (χ1n) is 11.0. The molecule has 1 fully saturated rings. The van der Waals surface area contributed by atoms with Crippen LogP contribution in [0.4, 0.5) is 0 Å². The van der Waals surface area contributed by atoms with Crippen LogP contribution in [-0.4, -0.2) is 63.0 Å². The molecule has 1 aliphatic heterocycles. The minimum atomic E-state index is -4.40. The van der Waals surface area contributed by atoms with E-state index in [-0.39, 0.29) is 40.5 Å². The minimum absolute atomic E-state index is 0.00534. The molecular weight excluding hydrogens is 516 g/mol. The number of hydrogen-bond donors (Lipinski definition) is 0. The van der Waals surface area contributed by atoms with Crippen molar-refractivity contribution in [2.75, 3.05) is 19.7 Å². The Labute approximate surface area is 209 Å². The van der Waals surface area contributed by atoms with Crippen molar-refractivity contribution in [1.82, 2.24) is 8.28 Å². The molecule has 0 saturated carbocycles. The van der Waals surface area contributed by atoms with Crippen LogP contribution in [0.25, 0.3) is 10.9 Å². The number of sulfonamides is 1. The van der Waals surface area contributed by atoms with E-state index in [1.807, 2.05) is 0 Å². The molecule has 2 aromatic carbocycles. The lowest BCUT2D eigenvalue weighted by Gasteiger charge is -2.34. The fourth-order valence-corrected chi connectivity index (χ4v) is 7.94. The highest BCUT2D eigenvalue weighted by atomic mass is 35.5. The van der Waals surface area contributed by atoms with Crippen LogP contribution in [-0.2, 0) is 29.5 Å². The summed E-state index contributed by atoms with van der Waals surface area (Å²) in [6.07, 6.45) is -0.797. The van der Waals surface area contributed by atoms with Gasteiger partial charge in [0, 0.05) is 23.5 Å². The molecule has 9 nitrogen and oxygen atoms in total. The first-order chi connectivity index (χ1) is 16.5. The molecule has 1 aliphatic rings. The van der Waals surface area contributed by atoms with Gasteiger partial charge in [-0.1, -0.05) is 29.8 Å². The monoisotopic (exact) mass is 540 g/mol. The van der Waals surface area contributed by atoms with Crippen LogP contribution in [0, 0.1) is 0 Å². The second-order valence-corrected chi connectivity index (χ2v) is 12.3. The number of carbonyl (C=O) groups is 1. The molecule has 0 aliphatic carbocycles. The SMILES string of the molecule is CCOC(=O)c1c(S(=O)(=O)N2C[C@@H](C)O[C@@H](C)C2)c2cc(Cl)ccc2n1S(=O)(=O)c1ccccc1. The third-order valence-electron chi connectivity index (χ3n) is 5.57. The van der Waals surface area contributed by atoms with Crippen LogP contribution in [0.15, 0.2) is 58.3 Å². The van der Waals surface area contributed by atoms with E-state index in [0.29, 0.717) is 0 Å². The van der Waals surface area contributed by atoms with Crippen LogP contribution >= 0.6 is 11.6 Å². The third kappa shape index (κ3) is 4.58. The Morgan fingerprint density at radius 3 is 2.26 bits per heavy atom. The molecule has 2 atom stereocenters. The molecule has 2 heterocycles. The molecule has 3 aromatic rings. The van der Waals surface area contributed by atoms with E-state index in [4.69, 9.17) is 21.1 Å². The van der Waals surface area contributed by atoms with E-state index < -0.39 is 48.8 Å². The summed E-state index contributed by atoms with van der Waals surface area (Å²) in [7, 11) is -8.78. The Balaban J connectivity index is 2.11. The number of esters is 1. The molecule has 12 heteroatoms. The number of ether oxygens (including phenoxy) is 2. The fraction of sp³-hybridized carbons (Fsp3) is 0.348. The van der Waals surface area contributed by atoms with Gasteiger partial charge in [0.2, 0.25) is 10.0 Å². The van der Waals surface area contributed by atoms with Crippen molar-refractivity contribution in [1.29, 1.82) is 0 Å². The van der Waals surface area contributed by atoms with Gasteiger partial charge in [0.05, 0.1) is 29.2 Å². The van der Waals surface area contributed by atoms with Crippen molar-refractivity contribution in [2.24, 2.45) is 0 Å². The van der Waals surface area contributed by atoms with Crippen molar-refractivity contribution in [3.63, 3.8) is 0 Å². The predicted octanol–water partition coefficient (Wildman–Crippen LogP) is 3.51. The molecular formula is C23H25ClN2O7S2. The van der Waals surface area contributed by atoms with E-state index >= 15 is 0 Å². The maximum Gasteiger partial charge on any atom is 0.357 e. The summed E-state index contributed by atoms with van der Waals surface area (Å²) in [6, 6.07) is 11.6. The Kier molecular flexibility index (Phi) is 7.00. The molecule has 188 valence electrons. The zero-order valence-corrected chi connectivity index (χ0v) is 21.7. The van der Waals surface area contributed by atoms with Gasteiger partial charge < -0.3 is 9.47 Å². The lowest BCUT2D eigenvalue weighted by molar-refractivity contribution is -0.0440. The highest BCUT2D eigenvalue weighted by molar-refractivity contribution is 7.91. The maximum atomic E-state index is 14.0. The number of benzene rings is 2. The molecule has 0 radical (unpaired) electrons. The first kappa shape index (κ1) is 25.6. The van der Waals surface area contributed by atoms with Gasteiger partial charge >= 0.3 is 5.97 Å². The molecule has 4 rings (SSSR count). The van der Waals surface area contributed by atoms with Crippen molar-refractivity contribution in [3.05, 3.63) is 59.2 Å². The molecule has 0 N–H and O–H groups in total. The molecule has 35 heavy (non-hydrogen) atoms. The Bertz CT molecular complexity index is 1480. The predicted molar refractivity (Wildman–Crippen MR) is 131 cm³/mol. The number of hydrogen-bond acceptors (Lipinski definition) is 7. The topological polar surface area (TPSA) is 112 Å². The average molecular weight is 541 g/mol. The third-order valence-corrected chi connectivity index (χ3v) is 9.44. The van der Waals surface area contributed by atoms with E-state index in [1.165, 1.54) is 46.8 Å². The summed E-state index contributed by atoms with van der Waals surface area (Å²) < 4.78 is 68.4. The van der Waals surface area contributed by atoms with Crippen LogP contribution in [0.3, 0.4) is 0 Å². The van der Waals surface area contributed by atoms with Crippen LogP contribution in [0.2, 0.25) is 5.02 Å². The molecule has 1 aromatic heterocycles. The van der Waals surface area contributed by atoms with Gasteiger partial charge in [0.25, 0.3) is 10.0 Å². The first-order valence-corrected chi connectivity index (χ1v) is 14.2. The maximum absolute atomic E-state index is 14.0. The smallest absolute Gasteiger partial charge is 0.357 e. The number of halogens is 1. The van der Waals surface area contributed by atoms with E-state index in [1.54, 1.807) is 26.8 Å². The zero-order chi connectivity index (χ0) is 25.5. The molecule has 0 bridgehead atoms. The van der Waals surface area contributed by atoms with Crippen molar-refractivity contribution < 1.29 is 31.1 Å². The number of rotatable bonds is 6. The number of aromatic nitrogens is 1. The van der Waals surface area contributed by atoms with E-state index in [9.17, 15) is 21.6 Å². The fourth-order valence-electron chi connectivity index (χ4n) is 4.25. The number of fused-ring (bicyclic) bond motifs is 1. The van der Waals surface area contributed by atoms with Crippen molar-refractivity contribution >= 4 is 48.5 Å². The lowest BCUT2D eigenvalue weighted by atomic mass is 10.2. The van der Waals surface area contributed by atoms with Crippen molar-refractivity contribution in [3.8, 4) is 0 Å². The number of nitrogens with zero attached hydrogens (tertiary/aromatic N) is 2. The van der Waals surface area contributed by atoms with Gasteiger partial charge in [-0.15, -0.1) is 0 Å². The quantitative estimate of drug-likeness (QED) is 0.440. The minimum Gasteiger partial charge on any atom is -0.461 e. The average Bonchev–Trinajstić information content (AvgIpc) is 3.15. The molecule has 0 spiro atoms. The largest absolute Gasteiger partial charge is 0.461 e. The lowest BCUT2D eigenvalue weighted by Crippen LogP contribution is -2.48. The van der Waals surface area contributed by atoms with E-state index in [0.717, 1.165) is 3.97 Å². The second-order valence-electron chi connectivity index (χ2n) is 8.22. The summed E-state index contributed by atoms with van der Waals surface area (Å²) in [5.74, 6) is -1.08. The second kappa shape index (κ2) is 9.55. The highest BCUT2D eigenvalue weighted by Crippen LogP contribution is 2.37. The van der Waals surface area contributed by atoms with Gasteiger partial charge in [-0.3, -0.25) is 0 Å². The summed E-state index contributed by atoms with van der Waals surface area (Å²) in [5.41, 5.74) is -0.603. The molecule has 0 unspecified atom stereocenters. The van der Waals surface area contributed by atoms with Gasteiger partial charge in [0.15, 0.2) is 5.69 Å². The Hall–Kier alpha value is -2.44. The molecule has 0 amide bonds. The molecule has 1 saturated heterocycles. The van der Waals surface area contributed by atoms with Gasteiger partial charge in [-0.05, 0) is 51.1 Å². The summed E-state index contributed by atoms with van der Waals surface area (Å²) in [4.78, 5) is 12.6. The normalized spacial score (nSPS) is 19.7. The summed E-state index contributed by atoms with van der Waals surface area (Å²) >= 11 is 6.20. The summed E-state index contributed by atoms with van der Waals surface area (Å²) in [6.45, 7) is 5.01. The van der Waals surface area contributed by atoms with Gasteiger partial charge in [-0.25, -0.2) is 25.6 Å². The standard InChI is InChI=1S/C23H25ClN2O7S2/c1-4-32-23(27)21-22(35(30,31)25-13-15(2)33-16(3)14-25)19-12-17(24)10-11-20(19)26(21)34(28,29)18-8-6-5-7-9-18/h5-12,15-16H,4,13-14H2,1-3H3/t15-,16+.